The minimum Gasteiger partial charge on any atom is -0.350 e. The summed E-state index contributed by atoms with van der Waals surface area (Å²) in [5, 5.41) is 3.39. The van der Waals surface area contributed by atoms with Crippen molar-refractivity contribution < 1.29 is 9.59 Å². The smallest absolute Gasteiger partial charge is 0.255 e. The van der Waals surface area contributed by atoms with E-state index < -0.39 is 0 Å². The Bertz CT molecular complexity index is 671. The number of nitrogens with one attached hydrogen (secondary N) is 1. The van der Waals surface area contributed by atoms with Gasteiger partial charge in [0, 0.05) is 36.4 Å². The van der Waals surface area contributed by atoms with Gasteiger partial charge in [-0.25, -0.2) is 0 Å². The summed E-state index contributed by atoms with van der Waals surface area (Å²) in [5.74, 6) is 1.32. The second kappa shape index (κ2) is 6.43. The van der Waals surface area contributed by atoms with E-state index >= 15 is 0 Å². The van der Waals surface area contributed by atoms with Gasteiger partial charge in [-0.3, -0.25) is 14.6 Å². The van der Waals surface area contributed by atoms with Crippen LogP contribution in [0.1, 0.15) is 61.0 Å². The van der Waals surface area contributed by atoms with Gasteiger partial charge in [0.1, 0.15) is 0 Å². The van der Waals surface area contributed by atoms with Crippen LogP contribution >= 0.6 is 0 Å². The fourth-order valence-corrected chi connectivity index (χ4v) is 3.98. The average Bonchev–Trinajstić information content (AvgIpc) is 3.49. The molecule has 1 aromatic rings. The number of rotatable bonds is 5. The van der Waals surface area contributed by atoms with Gasteiger partial charge in [0.05, 0.1) is 5.56 Å². The fourth-order valence-electron chi connectivity index (χ4n) is 3.98. The molecule has 0 radical (unpaired) electrons. The molecule has 0 bridgehead atoms. The maximum Gasteiger partial charge on any atom is 0.255 e. The monoisotopic (exact) mass is 341 g/mol. The molecule has 5 nitrogen and oxygen atoms in total. The van der Waals surface area contributed by atoms with Crippen molar-refractivity contribution in [3.63, 3.8) is 0 Å². The van der Waals surface area contributed by atoms with E-state index in [1.807, 2.05) is 24.0 Å². The number of pyridine rings is 1. The first-order valence-electron chi connectivity index (χ1n) is 9.59. The lowest BCUT2D eigenvalue weighted by Crippen LogP contribution is -2.56. The molecule has 1 N–H and O–H groups in total. The van der Waals surface area contributed by atoms with Crippen LogP contribution < -0.4 is 5.32 Å². The van der Waals surface area contributed by atoms with E-state index in [9.17, 15) is 9.59 Å². The molecule has 5 heteroatoms. The third kappa shape index (κ3) is 3.70. The summed E-state index contributed by atoms with van der Waals surface area (Å²) in [5.41, 5.74) is 1.38. The second-order valence-corrected chi connectivity index (χ2v) is 8.12. The second-order valence-electron chi connectivity index (χ2n) is 8.12. The Balaban J connectivity index is 1.43. The van der Waals surface area contributed by atoms with Crippen LogP contribution in [-0.4, -0.2) is 40.3 Å². The minimum atomic E-state index is -0.0956. The molecule has 1 aromatic heterocycles. The molecule has 0 atom stereocenters. The van der Waals surface area contributed by atoms with Crippen LogP contribution in [0.3, 0.4) is 0 Å². The van der Waals surface area contributed by atoms with Gasteiger partial charge in [-0.15, -0.1) is 0 Å². The molecule has 4 rings (SSSR count). The van der Waals surface area contributed by atoms with Gasteiger partial charge in [-0.2, -0.15) is 0 Å². The lowest BCUT2D eigenvalue weighted by Gasteiger charge is -2.43. The Morgan fingerprint density at radius 1 is 1.24 bits per heavy atom. The van der Waals surface area contributed by atoms with Crippen LogP contribution in [0.25, 0.3) is 0 Å². The molecular weight excluding hydrogens is 314 g/mol. The van der Waals surface area contributed by atoms with Crippen molar-refractivity contribution in [1.29, 1.82) is 0 Å². The quantitative estimate of drug-likeness (QED) is 0.896. The van der Waals surface area contributed by atoms with Crippen LogP contribution in [-0.2, 0) is 4.79 Å². The van der Waals surface area contributed by atoms with Crippen molar-refractivity contribution in [2.75, 3.05) is 13.1 Å². The third-order valence-corrected chi connectivity index (χ3v) is 5.96. The van der Waals surface area contributed by atoms with Crippen LogP contribution in [0, 0.1) is 18.8 Å². The first-order valence-corrected chi connectivity index (χ1v) is 9.59. The van der Waals surface area contributed by atoms with Gasteiger partial charge in [0.15, 0.2) is 0 Å². The topological polar surface area (TPSA) is 62.3 Å². The van der Waals surface area contributed by atoms with Gasteiger partial charge >= 0.3 is 0 Å². The molecule has 3 aliphatic rings. The van der Waals surface area contributed by atoms with Crippen molar-refractivity contribution in [1.82, 2.24) is 15.2 Å². The Morgan fingerprint density at radius 3 is 2.56 bits per heavy atom. The van der Waals surface area contributed by atoms with E-state index in [1.54, 1.807) is 6.20 Å². The van der Waals surface area contributed by atoms with E-state index in [1.165, 1.54) is 12.8 Å². The number of nitrogens with zero attached hydrogens (tertiary/aromatic N) is 2. The molecule has 0 unspecified atom stereocenters. The average molecular weight is 341 g/mol. The van der Waals surface area contributed by atoms with E-state index in [0.717, 1.165) is 43.7 Å². The lowest BCUT2D eigenvalue weighted by molar-refractivity contribution is -0.125. The van der Waals surface area contributed by atoms with Crippen molar-refractivity contribution >= 4 is 11.8 Å². The Hall–Kier alpha value is -1.91. The molecule has 0 aromatic carbocycles. The number of likely N-dealkylation sites (tertiary alicyclic amines) is 1. The van der Waals surface area contributed by atoms with Crippen molar-refractivity contribution in [2.45, 2.75) is 57.4 Å². The first kappa shape index (κ1) is 16.6. The summed E-state index contributed by atoms with van der Waals surface area (Å²) in [7, 11) is 0. The number of carbonyl (C=O) groups excluding carboxylic acids is 2. The van der Waals surface area contributed by atoms with Crippen LogP contribution in [0.15, 0.2) is 18.3 Å². The number of piperidine rings is 1. The molecule has 134 valence electrons. The molecule has 1 saturated heterocycles. The molecule has 2 aliphatic carbocycles. The summed E-state index contributed by atoms with van der Waals surface area (Å²) < 4.78 is 0. The standard InChI is InChI=1S/C20H27N3O2/c1-14-17(3-2-10-21-14)19(25)23-11-8-20(9-12-23,13-15-4-5-15)22-18(24)16-6-7-16/h2-3,10,15-16H,4-9,11-13H2,1H3,(H,22,24). The molecule has 2 amide bonds. The van der Waals surface area contributed by atoms with Crippen molar-refractivity contribution in [3.05, 3.63) is 29.6 Å². The molecule has 2 heterocycles. The summed E-state index contributed by atoms with van der Waals surface area (Å²) in [6.07, 6.45) is 9.19. The molecular formula is C20H27N3O2. The van der Waals surface area contributed by atoms with Crippen molar-refractivity contribution in [3.8, 4) is 0 Å². The number of hydrogen-bond acceptors (Lipinski definition) is 3. The third-order valence-electron chi connectivity index (χ3n) is 5.96. The highest BCUT2D eigenvalue weighted by atomic mass is 16.2. The van der Waals surface area contributed by atoms with E-state index in [4.69, 9.17) is 0 Å². The number of amides is 2. The van der Waals surface area contributed by atoms with Crippen molar-refractivity contribution in [2.24, 2.45) is 11.8 Å². The largest absolute Gasteiger partial charge is 0.350 e. The predicted octanol–water partition coefficient (Wildman–Crippen LogP) is 2.69. The maximum absolute atomic E-state index is 12.8. The molecule has 0 spiro atoms. The highest BCUT2D eigenvalue weighted by molar-refractivity contribution is 5.95. The van der Waals surface area contributed by atoms with Gasteiger partial charge in [0.2, 0.25) is 5.91 Å². The van der Waals surface area contributed by atoms with Gasteiger partial charge in [-0.05, 0) is 57.1 Å². The minimum absolute atomic E-state index is 0.0686. The Kier molecular flexibility index (Phi) is 4.26. The summed E-state index contributed by atoms with van der Waals surface area (Å²) >= 11 is 0. The number of aromatic nitrogens is 1. The summed E-state index contributed by atoms with van der Waals surface area (Å²) in [6.45, 7) is 3.31. The van der Waals surface area contributed by atoms with E-state index in [-0.39, 0.29) is 23.3 Å². The lowest BCUT2D eigenvalue weighted by atomic mass is 9.82. The SMILES string of the molecule is Cc1ncccc1C(=O)N1CCC(CC2CC2)(NC(=O)C2CC2)CC1. The van der Waals surface area contributed by atoms with Gasteiger partial charge < -0.3 is 10.2 Å². The number of aryl methyl sites for hydroxylation is 1. The highest BCUT2D eigenvalue weighted by Gasteiger charge is 2.43. The zero-order chi connectivity index (χ0) is 17.4. The van der Waals surface area contributed by atoms with Gasteiger partial charge in [-0.1, -0.05) is 12.8 Å². The Morgan fingerprint density at radius 2 is 1.96 bits per heavy atom. The molecule has 3 fully saturated rings. The van der Waals surface area contributed by atoms with Crippen LogP contribution in [0.5, 0.6) is 0 Å². The predicted molar refractivity (Wildman–Crippen MR) is 95.1 cm³/mol. The van der Waals surface area contributed by atoms with E-state index in [0.29, 0.717) is 18.7 Å². The summed E-state index contributed by atoms with van der Waals surface area (Å²) in [4.78, 5) is 31.3. The molecule has 2 saturated carbocycles. The van der Waals surface area contributed by atoms with Crippen LogP contribution in [0.4, 0.5) is 0 Å². The number of hydrogen-bond donors (Lipinski definition) is 1. The molecule has 1 aliphatic heterocycles. The normalized spacial score (nSPS) is 22.5. The Labute approximate surface area is 149 Å². The zero-order valence-electron chi connectivity index (χ0n) is 15.0. The van der Waals surface area contributed by atoms with Crippen LogP contribution in [0.2, 0.25) is 0 Å². The highest BCUT2D eigenvalue weighted by Crippen LogP contribution is 2.41. The molecule has 25 heavy (non-hydrogen) atoms. The maximum atomic E-state index is 12.8. The van der Waals surface area contributed by atoms with Gasteiger partial charge in [0.25, 0.3) is 5.91 Å². The number of carbonyl (C=O) groups is 2. The fraction of sp³-hybridized carbons (Fsp3) is 0.650. The zero-order valence-corrected chi connectivity index (χ0v) is 15.0. The first-order chi connectivity index (χ1) is 12.1. The van der Waals surface area contributed by atoms with E-state index in [2.05, 4.69) is 10.3 Å². The summed E-state index contributed by atoms with van der Waals surface area (Å²) in [6, 6.07) is 3.67.